The van der Waals surface area contributed by atoms with Gasteiger partial charge in [0, 0.05) is 6.04 Å². The van der Waals surface area contributed by atoms with Crippen LogP contribution in [0.4, 0.5) is 0 Å². The zero-order chi connectivity index (χ0) is 14.3. The highest BCUT2D eigenvalue weighted by Crippen LogP contribution is 2.19. The van der Waals surface area contributed by atoms with Crippen LogP contribution in [0.1, 0.15) is 32.1 Å². The Kier molecular flexibility index (Phi) is 5.86. The Morgan fingerprint density at radius 2 is 1.68 bits per heavy atom. The lowest BCUT2D eigenvalue weighted by Gasteiger charge is -2.24. The van der Waals surface area contributed by atoms with Crippen LogP contribution in [0, 0.1) is 11.3 Å². The number of hydrogen-bond donors (Lipinski definition) is 1. The molecule has 0 aliphatic heterocycles. The summed E-state index contributed by atoms with van der Waals surface area (Å²) < 4.78 is 9.11. The zero-order valence-corrected chi connectivity index (χ0v) is 11.2. The third-order valence-electron chi connectivity index (χ3n) is 3.09. The van der Waals surface area contributed by atoms with E-state index in [-0.39, 0.29) is 17.3 Å². The maximum absolute atomic E-state index is 11.7. The highest BCUT2D eigenvalue weighted by molar-refractivity contribution is 6.02. The van der Waals surface area contributed by atoms with Crippen LogP contribution in [0.25, 0.3) is 0 Å². The van der Waals surface area contributed by atoms with Crippen LogP contribution in [0.5, 0.6) is 0 Å². The fourth-order valence-electron chi connectivity index (χ4n) is 2.09. The van der Waals surface area contributed by atoms with Gasteiger partial charge in [-0.1, -0.05) is 19.3 Å². The van der Waals surface area contributed by atoms with Crippen LogP contribution in [0.2, 0.25) is 0 Å². The van der Waals surface area contributed by atoms with Crippen LogP contribution in [-0.4, -0.2) is 32.2 Å². The summed E-state index contributed by atoms with van der Waals surface area (Å²) in [6, 6.07) is 1.78. The van der Waals surface area contributed by atoms with Crippen molar-refractivity contribution in [1.82, 2.24) is 5.32 Å². The number of nitriles is 1. The van der Waals surface area contributed by atoms with Gasteiger partial charge in [0.2, 0.25) is 0 Å². The average Bonchev–Trinajstić information content (AvgIpc) is 2.46. The zero-order valence-electron chi connectivity index (χ0n) is 11.2. The lowest BCUT2D eigenvalue weighted by atomic mass is 9.95. The van der Waals surface area contributed by atoms with Crippen molar-refractivity contribution in [2.75, 3.05) is 14.2 Å². The lowest BCUT2D eigenvalue weighted by molar-refractivity contribution is -0.139. The summed E-state index contributed by atoms with van der Waals surface area (Å²) in [5.74, 6) is -1.57. The van der Waals surface area contributed by atoms with Gasteiger partial charge in [-0.15, -0.1) is 0 Å². The van der Waals surface area contributed by atoms with Gasteiger partial charge in [0.25, 0.3) is 0 Å². The first-order valence-corrected chi connectivity index (χ1v) is 6.21. The van der Waals surface area contributed by atoms with Gasteiger partial charge in [0.15, 0.2) is 5.57 Å². The van der Waals surface area contributed by atoms with E-state index in [1.165, 1.54) is 7.11 Å². The van der Waals surface area contributed by atoms with E-state index in [0.717, 1.165) is 39.2 Å². The number of nitrogens with one attached hydrogen (secondary N) is 1. The molecule has 0 bridgehead atoms. The maximum Gasteiger partial charge on any atom is 0.355 e. The maximum atomic E-state index is 11.7. The van der Waals surface area contributed by atoms with Crippen LogP contribution < -0.4 is 5.32 Å². The van der Waals surface area contributed by atoms with E-state index < -0.39 is 11.9 Å². The first kappa shape index (κ1) is 15.0. The number of esters is 2. The first-order chi connectivity index (χ1) is 9.13. The normalized spacial score (nSPS) is 16.9. The molecule has 0 atom stereocenters. The number of ether oxygens (including phenoxy) is 2. The van der Waals surface area contributed by atoms with Gasteiger partial charge < -0.3 is 14.8 Å². The van der Waals surface area contributed by atoms with E-state index in [1.54, 1.807) is 6.07 Å². The van der Waals surface area contributed by atoms with Crippen molar-refractivity contribution < 1.29 is 19.1 Å². The standard InChI is InChI=1S/C13H18N2O4/c1-18-12(16)10(8-14)11(13(17)19-2)15-9-6-4-3-5-7-9/h9,15H,3-7H2,1-2H3/b11-10-. The molecule has 0 spiro atoms. The van der Waals surface area contributed by atoms with Gasteiger partial charge >= 0.3 is 11.9 Å². The fourth-order valence-corrected chi connectivity index (χ4v) is 2.09. The third kappa shape index (κ3) is 3.98. The molecule has 0 unspecified atom stereocenters. The quantitative estimate of drug-likeness (QED) is 0.464. The molecule has 1 aliphatic rings. The molecule has 0 saturated heterocycles. The second-order valence-electron chi connectivity index (χ2n) is 4.32. The van der Waals surface area contributed by atoms with Gasteiger partial charge in [-0.3, -0.25) is 0 Å². The number of hydrogen-bond acceptors (Lipinski definition) is 6. The van der Waals surface area contributed by atoms with Crippen molar-refractivity contribution in [3.63, 3.8) is 0 Å². The minimum absolute atomic E-state index is 0.0795. The molecule has 19 heavy (non-hydrogen) atoms. The summed E-state index contributed by atoms with van der Waals surface area (Å²) in [5, 5.41) is 12.0. The van der Waals surface area contributed by atoms with Crippen molar-refractivity contribution in [2.45, 2.75) is 38.1 Å². The van der Waals surface area contributed by atoms with Gasteiger partial charge in [0.1, 0.15) is 11.8 Å². The number of carbonyl (C=O) groups is 2. The van der Waals surface area contributed by atoms with Crippen molar-refractivity contribution >= 4 is 11.9 Å². The molecule has 1 rings (SSSR count). The summed E-state index contributed by atoms with van der Waals surface area (Å²) >= 11 is 0. The number of nitrogens with zero attached hydrogens (tertiary/aromatic N) is 1. The minimum Gasteiger partial charge on any atom is -0.465 e. The second-order valence-corrected chi connectivity index (χ2v) is 4.32. The van der Waals surface area contributed by atoms with Crippen LogP contribution >= 0.6 is 0 Å². The highest BCUT2D eigenvalue weighted by Gasteiger charge is 2.25. The third-order valence-corrected chi connectivity index (χ3v) is 3.09. The molecule has 1 aliphatic carbocycles. The van der Waals surface area contributed by atoms with E-state index in [2.05, 4.69) is 14.8 Å². The van der Waals surface area contributed by atoms with Crippen molar-refractivity contribution in [1.29, 1.82) is 5.26 Å². The van der Waals surface area contributed by atoms with E-state index in [1.807, 2.05) is 0 Å². The van der Waals surface area contributed by atoms with E-state index in [4.69, 9.17) is 5.26 Å². The molecule has 6 heteroatoms. The molecule has 1 N–H and O–H groups in total. The predicted molar refractivity (Wildman–Crippen MR) is 66.7 cm³/mol. The molecule has 0 aromatic carbocycles. The van der Waals surface area contributed by atoms with Crippen LogP contribution in [0.3, 0.4) is 0 Å². The Bertz CT molecular complexity index is 417. The SMILES string of the molecule is COC(=O)/C(C#N)=C(\NC1CCCCC1)C(=O)OC. The van der Waals surface area contributed by atoms with Gasteiger partial charge in [0.05, 0.1) is 14.2 Å². The molecule has 1 saturated carbocycles. The summed E-state index contributed by atoms with van der Waals surface area (Å²) in [4.78, 5) is 23.2. The Balaban J connectivity index is 2.99. The first-order valence-electron chi connectivity index (χ1n) is 6.21. The van der Waals surface area contributed by atoms with Crippen molar-refractivity contribution in [3.05, 3.63) is 11.3 Å². The Morgan fingerprint density at radius 1 is 1.11 bits per heavy atom. The molecule has 0 radical (unpaired) electrons. The highest BCUT2D eigenvalue weighted by atomic mass is 16.5. The van der Waals surface area contributed by atoms with Crippen molar-refractivity contribution in [2.24, 2.45) is 0 Å². The number of carbonyl (C=O) groups excluding carboxylic acids is 2. The van der Waals surface area contributed by atoms with Gasteiger partial charge in [-0.05, 0) is 12.8 Å². The van der Waals surface area contributed by atoms with Crippen LogP contribution in [-0.2, 0) is 19.1 Å². The molecule has 0 heterocycles. The van der Waals surface area contributed by atoms with Crippen molar-refractivity contribution in [3.8, 4) is 6.07 Å². The molecule has 0 amide bonds. The number of methoxy groups -OCH3 is 2. The molecule has 104 valence electrons. The minimum atomic E-state index is -0.841. The van der Waals surface area contributed by atoms with Gasteiger partial charge in [-0.2, -0.15) is 5.26 Å². The van der Waals surface area contributed by atoms with E-state index in [0.29, 0.717) is 0 Å². The fraction of sp³-hybridized carbons (Fsp3) is 0.615. The lowest BCUT2D eigenvalue weighted by Crippen LogP contribution is -2.35. The summed E-state index contributed by atoms with van der Waals surface area (Å²) in [7, 11) is 2.37. The smallest absolute Gasteiger partial charge is 0.355 e. The largest absolute Gasteiger partial charge is 0.465 e. The van der Waals surface area contributed by atoms with E-state index >= 15 is 0 Å². The Morgan fingerprint density at radius 3 is 2.16 bits per heavy atom. The monoisotopic (exact) mass is 266 g/mol. The van der Waals surface area contributed by atoms with E-state index in [9.17, 15) is 9.59 Å². The average molecular weight is 266 g/mol. The number of rotatable bonds is 4. The Hall–Kier alpha value is -2.03. The molecule has 0 aromatic rings. The molecule has 1 fully saturated rings. The molecular formula is C13H18N2O4. The topological polar surface area (TPSA) is 88.4 Å². The van der Waals surface area contributed by atoms with Crippen LogP contribution in [0.15, 0.2) is 11.3 Å². The Labute approximate surface area is 112 Å². The summed E-state index contributed by atoms with van der Waals surface area (Å²) in [6.45, 7) is 0. The summed E-state index contributed by atoms with van der Waals surface area (Å²) in [5.41, 5.74) is -0.455. The molecule has 6 nitrogen and oxygen atoms in total. The summed E-state index contributed by atoms with van der Waals surface area (Å²) in [6.07, 6.45) is 5.09. The molecular weight excluding hydrogens is 248 g/mol. The predicted octanol–water partition coefficient (Wildman–Crippen LogP) is 1.03. The molecule has 0 aromatic heterocycles. The second kappa shape index (κ2) is 7.41. The van der Waals surface area contributed by atoms with Gasteiger partial charge in [-0.25, -0.2) is 9.59 Å².